The first-order valence-corrected chi connectivity index (χ1v) is 6.68. The number of oxazole rings is 1. The Kier molecular flexibility index (Phi) is 4.57. The van der Waals surface area contributed by atoms with Crippen molar-refractivity contribution >= 4 is 22.8 Å². The summed E-state index contributed by atoms with van der Waals surface area (Å²) in [5.41, 5.74) is 2.04. The third kappa shape index (κ3) is 3.71. The predicted molar refractivity (Wildman–Crippen MR) is 76.7 cm³/mol. The average molecular weight is 277 g/mol. The molecule has 1 aromatic carbocycles. The van der Waals surface area contributed by atoms with Gasteiger partial charge in [-0.05, 0) is 25.0 Å². The van der Waals surface area contributed by atoms with Crippen LogP contribution in [0.5, 0.6) is 0 Å². The summed E-state index contributed by atoms with van der Waals surface area (Å²) in [4.78, 5) is 15.9. The molecule has 0 aliphatic heterocycles. The summed E-state index contributed by atoms with van der Waals surface area (Å²) in [6.07, 6.45) is 0.860. The first kappa shape index (κ1) is 14.3. The first-order chi connectivity index (χ1) is 9.58. The molecular weight excluding hydrogens is 258 g/mol. The zero-order chi connectivity index (χ0) is 14.5. The molecule has 2 amide bonds. The zero-order valence-corrected chi connectivity index (χ0v) is 11.6. The number of aryl methyl sites for hydroxylation is 1. The van der Waals surface area contributed by atoms with Crippen LogP contribution in [0.3, 0.4) is 0 Å². The fraction of sp³-hybridized carbons (Fsp3) is 0.429. The van der Waals surface area contributed by atoms with Crippen molar-refractivity contribution in [3.05, 3.63) is 24.1 Å². The molecule has 2 rings (SSSR count). The third-order valence-electron chi connectivity index (χ3n) is 2.99. The molecule has 3 N–H and O–H groups in total. The predicted octanol–water partition coefficient (Wildman–Crippen LogP) is 2.42. The Labute approximate surface area is 117 Å². The molecule has 0 saturated carbocycles. The molecule has 1 heterocycles. The standard InChI is InChI=1S/C14H19N3O3/c1-3-11(18)6-7-15-14(19)17-10-4-5-12-13(8-10)20-9(2)16-12/h4-5,8,11,18H,3,6-7H2,1-2H3,(H2,15,17,19). The van der Waals surface area contributed by atoms with E-state index in [1.807, 2.05) is 6.92 Å². The minimum absolute atomic E-state index is 0.302. The number of fused-ring (bicyclic) bond motifs is 1. The van der Waals surface area contributed by atoms with Gasteiger partial charge in [-0.2, -0.15) is 0 Å². The monoisotopic (exact) mass is 277 g/mol. The van der Waals surface area contributed by atoms with Gasteiger partial charge in [0.25, 0.3) is 0 Å². The number of anilines is 1. The number of aliphatic hydroxyl groups excluding tert-OH is 1. The van der Waals surface area contributed by atoms with Crippen LogP contribution in [0.15, 0.2) is 22.6 Å². The van der Waals surface area contributed by atoms with E-state index < -0.39 is 0 Å². The minimum Gasteiger partial charge on any atom is -0.441 e. The topological polar surface area (TPSA) is 87.4 Å². The summed E-state index contributed by atoms with van der Waals surface area (Å²) in [6, 6.07) is 4.99. The number of aromatic nitrogens is 1. The van der Waals surface area contributed by atoms with Crippen molar-refractivity contribution < 1.29 is 14.3 Å². The van der Waals surface area contributed by atoms with Crippen molar-refractivity contribution in [1.29, 1.82) is 0 Å². The molecule has 1 unspecified atom stereocenters. The molecule has 108 valence electrons. The number of benzene rings is 1. The Morgan fingerprint density at radius 1 is 1.50 bits per heavy atom. The summed E-state index contributed by atoms with van der Waals surface area (Å²) in [6.45, 7) is 4.11. The van der Waals surface area contributed by atoms with Gasteiger partial charge in [-0.15, -0.1) is 0 Å². The molecule has 20 heavy (non-hydrogen) atoms. The number of rotatable bonds is 5. The number of carbonyl (C=O) groups excluding carboxylic acids is 1. The second-order valence-electron chi connectivity index (χ2n) is 4.65. The molecule has 0 aliphatic carbocycles. The highest BCUT2D eigenvalue weighted by atomic mass is 16.3. The van der Waals surface area contributed by atoms with E-state index in [0.717, 1.165) is 5.52 Å². The lowest BCUT2D eigenvalue weighted by molar-refractivity contribution is 0.160. The maximum absolute atomic E-state index is 11.7. The van der Waals surface area contributed by atoms with Crippen molar-refractivity contribution in [3.63, 3.8) is 0 Å². The van der Waals surface area contributed by atoms with Crippen molar-refractivity contribution in [2.24, 2.45) is 0 Å². The highest BCUT2D eigenvalue weighted by molar-refractivity contribution is 5.91. The van der Waals surface area contributed by atoms with E-state index in [4.69, 9.17) is 4.42 Å². The van der Waals surface area contributed by atoms with Crippen LogP contribution >= 0.6 is 0 Å². The highest BCUT2D eigenvalue weighted by Gasteiger charge is 2.06. The molecule has 0 bridgehead atoms. The summed E-state index contributed by atoms with van der Waals surface area (Å²) in [7, 11) is 0. The van der Waals surface area contributed by atoms with Gasteiger partial charge >= 0.3 is 6.03 Å². The van der Waals surface area contributed by atoms with Crippen molar-refractivity contribution in [2.75, 3.05) is 11.9 Å². The van der Waals surface area contributed by atoms with Crippen molar-refractivity contribution in [1.82, 2.24) is 10.3 Å². The van der Waals surface area contributed by atoms with Crippen LogP contribution in [0.1, 0.15) is 25.7 Å². The van der Waals surface area contributed by atoms with Gasteiger partial charge in [0.15, 0.2) is 11.5 Å². The number of aliphatic hydroxyl groups is 1. The number of carbonyl (C=O) groups is 1. The average Bonchev–Trinajstić information content (AvgIpc) is 2.77. The molecule has 1 aromatic heterocycles. The molecule has 0 aliphatic rings. The van der Waals surface area contributed by atoms with Crippen LogP contribution in [0.4, 0.5) is 10.5 Å². The molecule has 6 nitrogen and oxygen atoms in total. The number of hydrogen-bond donors (Lipinski definition) is 3. The van der Waals surface area contributed by atoms with Gasteiger partial charge in [-0.1, -0.05) is 6.92 Å². The van der Waals surface area contributed by atoms with Gasteiger partial charge in [0.1, 0.15) is 5.52 Å². The molecule has 0 radical (unpaired) electrons. The maximum atomic E-state index is 11.7. The van der Waals surface area contributed by atoms with E-state index in [2.05, 4.69) is 15.6 Å². The second kappa shape index (κ2) is 6.38. The molecule has 0 saturated heterocycles. The van der Waals surface area contributed by atoms with Crippen LogP contribution in [0, 0.1) is 6.92 Å². The van der Waals surface area contributed by atoms with Crippen LogP contribution in [0.25, 0.3) is 11.1 Å². The van der Waals surface area contributed by atoms with Gasteiger partial charge in [0.05, 0.1) is 6.10 Å². The highest BCUT2D eigenvalue weighted by Crippen LogP contribution is 2.19. The molecule has 2 aromatic rings. The van der Waals surface area contributed by atoms with Gasteiger partial charge in [0, 0.05) is 25.2 Å². The molecule has 0 spiro atoms. The molecular formula is C14H19N3O3. The number of hydrogen-bond acceptors (Lipinski definition) is 4. The fourth-order valence-corrected chi connectivity index (χ4v) is 1.85. The van der Waals surface area contributed by atoms with E-state index in [0.29, 0.717) is 36.5 Å². The summed E-state index contributed by atoms with van der Waals surface area (Å²) in [5, 5.41) is 14.8. The fourth-order valence-electron chi connectivity index (χ4n) is 1.85. The largest absolute Gasteiger partial charge is 0.441 e. The lowest BCUT2D eigenvalue weighted by atomic mass is 10.2. The Bertz CT molecular complexity index is 594. The number of nitrogens with one attached hydrogen (secondary N) is 2. The van der Waals surface area contributed by atoms with Gasteiger partial charge in [-0.25, -0.2) is 9.78 Å². The normalized spacial score (nSPS) is 12.3. The Hall–Kier alpha value is -2.08. The van der Waals surface area contributed by atoms with Crippen LogP contribution in [0.2, 0.25) is 0 Å². The second-order valence-corrected chi connectivity index (χ2v) is 4.65. The van der Waals surface area contributed by atoms with E-state index >= 15 is 0 Å². The third-order valence-corrected chi connectivity index (χ3v) is 2.99. The Morgan fingerprint density at radius 2 is 2.30 bits per heavy atom. The Morgan fingerprint density at radius 3 is 3.05 bits per heavy atom. The summed E-state index contributed by atoms with van der Waals surface area (Å²) in [5.74, 6) is 0.593. The quantitative estimate of drug-likeness (QED) is 0.783. The van der Waals surface area contributed by atoms with Gasteiger partial charge < -0.3 is 20.2 Å². The van der Waals surface area contributed by atoms with E-state index in [1.165, 1.54) is 0 Å². The SMILES string of the molecule is CCC(O)CCNC(=O)Nc1ccc2nc(C)oc2c1. The number of amides is 2. The van der Waals surface area contributed by atoms with Crippen LogP contribution < -0.4 is 10.6 Å². The van der Waals surface area contributed by atoms with Crippen LogP contribution in [-0.2, 0) is 0 Å². The summed E-state index contributed by atoms with van der Waals surface area (Å²) >= 11 is 0. The van der Waals surface area contributed by atoms with Crippen molar-refractivity contribution in [2.45, 2.75) is 32.8 Å². The van der Waals surface area contributed by atoms with Crippen LogP contribution in [-0.4, -0.2) is 28.8 Å². The smallest absolute Gasteiger partial charge is 0.319 e. The minimum atomic E-state index is -0.371. The van der Waals surface area contributed by atoms with Gasteiger partial charge in [0.2, 0.25) is 0 Å². The first-order valence-electron chi connectivity index (χ1n) is 6.68. The molecule has 6 heteroatoms. The zero-order valence-electron chi connectivity index (χ0n) is 11.6. The Balaban J connectivity index is 1.89. The van der Waals surface area contributed by atoms with E-state index in [1.54, 1.807) is 25.1 Å². The van der Waals surface area contributed by atoms with E-state index in [-0.39, 0.29) is 12.1 Å². The lowest BCUT2D eigenvalue weighted by Crippen LogP contribution is -2.31. The molecule has 0 fully saturated rings. The molecule has 1 atom stereocenters. The van der Waals surface area contributed by atoms with E-state index in [9.17, 15) is 9.90 Å². The lowest BCUT2D eigenvalue weighted by Gasteiger charge is -2.09. The summed E-state index contributed by atoms with van der Waals surface area (Å²) < 4.78 is 5.40. The number of nitrogens with zero attached hydrogens (tertiary/aromatic N) is 1. The number of urea groups is 1. The van der Waals surface area contributed by atoms with Crippen molar-refractivity contribution in [3.8, 4) is 0 Å². The maximum Gasteiger partial charge on any atom is 0.319 e. The van der Waals surface area contributed by atoms with Gasteiger partial charge in [-0.3, -0.25) is 0 Å².